The van der Waals surface area contributed by atoms with Gasteiger partial charge in [0.15, 0.2) is 0 Å². The lowest BCUT2D eigenvalue weighted by Gasteiger charge is -2.35. The van der Waals surface area contributed by atoms with Gasteiger partial charge in [0, 0.05) is 32.1 Å². The van der Waals surface area contributed by atoms with Crippen LogP contribution in [0.4, 0.5) is 0 Å². The van der Waals surface area contributed by atoms with Crippen molar-refractivity contribution in [3.63, 3.8) is 0 Å². The van der Waals surface area contributed by atoms with E-state index in [0.717, 1.165) is 18.4 Å². The highest BCUT2D eigenvalue weighted by Crippen LogP contribution is 2.31. The van der Waals surface area contributed by atoms with Crippen LogP contribution in [-0.2, 0) is 9.59 Å². The van der Waals surface area contributed by atoms with E-state index in [9.17, 15) is 14.7 Å². The molecular formula is C17H23ClN2O3. The topological polar surface area (TPSA) is 60.9 Å². The van der Waals surface area contributed by atoms with Gasteiger partial charge in [0.1, 0.15) is 0 Å². The van der Waals surface area contributed by atoms with E-state index in [1.807, 2.05) is 12.1 Å². The van der Waals surface area contributed by atoms with E-state index in [1.165, 1.54) is 11.8 Å². The summed E-state index contributed by atoms with van der Waals surface area (Å²) in [6, 6.07) is 7.23. The zero-order valence-corrected chi connectivity index (χ0v) is 14.3. The molecule has 1 atom stereocenters. The first kappa shape index (κ1) is 17.8. The Kier molecular flexibility index (Phi) is 6.02. The van der Waals surface area contributed by atoms with Crippen LogP contribution in [0.5, 0.6) is 0 Å². The van der Waals surface area contributed by atoms with Crippen LogP contribution in [0.15, 0.2) is 24.3 Å². The molecule has 1 aromatic carbocycles. The quantitative estimate of drug-likeness (QED) is 0.914. The van der Waals surface area contributed by atoms with Crippen LogP contribution in [0.2, 0.25) is 5.02 Å². The van der Waals surface area contributed by atoms with Crippen molar-refractivity contribution >= 4 is 23.4 Å². The van der Waals surface area contributed by atoms with Gasteiger partial charge in [-0.3, -0.25) is 9.59 Å². The number of amides is 2. The Morgan fingerprint density at radius 1 is 1.30 bits per heavy atom. The van der Waals surface area contributed by atoms with Gasteiger partial charge in [0.2, 0.25) is 11.8 Å². The van der Waals surface area contributed by atoms with Crippen molar-refractivity contribution in [2.75, 3.05) is 26.7 Å². The number of benzene rings is 1. The maximum atomic E-state index is 12.2. The predicted molar refractivity (Wildman–Crippen MR) is 89.0 cm³/mol. The van der Waals surface area contributed by atoms with Crippen molar-refractivity contribution in [3.8, 4) is 0 Å². The number of aliphatic hydroxyl groups is 1. The van der Waals surface area contributed by atoms with Gasteiger partial charge >= 0.3 is 0 Å². The standard InChI is InChI=1S/C17H23ClN2O3/c1-12(21)19(2)11-16(22)20-9-7-14(8-10-20)17(23)13-3-5-15(18)6-4-13/h3-6,14,17,23H,7-11H2,1-2H3. The molecule has 0 spiro atoms. The van der Waals surface area contributed by atoms with E-state index in [-0.39, 0.29) is 24.3 Å². The van der Waals surface area contributed by atoms with Crippen molar-refractivity contribution in [1.29, 1.82) is 0 Å². The van der Waals surface area contributed by atoms with Crippen LogP contribution in [0.3, 0.4) is 0 Å². The number of rotatable bonds is 4. The summed E-state index contributed by atoms with van der Waals surface area (Å²) in [6.45, 7) is 2.78. The van der Waals surface area contributed by atoms with Gasteiger partial charge in [-0.15, -0.1) is 0 Å². The van der Waals surface area contributed by atoms with Crippen molar-refractivity contribution < 1.29 is 14.7 Å². The number of nitrogens with zero attached hydrogens (tertiary/aromatic N) is 2. The molecule has 0 bridgehead atoms. The molecule has 5 nitrogen and oxygen atoms in total. The maximum absolute atomic E-state index is 12.2. The molecule has 2 amide bonds. The largest absolute Gasteiger partial charge is 0.388 e. The summed E-state index contributed by atoms with van der Waals surface area (Å²) in [6.07, 6.45) is 0.961. The minimum atomic E-state index is -0.538. The third kappa shape index (κ3) is 4.69. The molecule has 1 unspecified atom stereocenters. The second-order valence-corrected chi connectivity index (χ2v) is 6.53. The number of hydrogen-bond acceptors (Lipinski definition) is 3. The van der Waals surface area contributed by atoms with Gasteiger partial charge in [0.05, 0.1) is 12.6 Å². The third-order valence-corrected chi connectivity index (χ3v) is 4.71. The fourth-order valence-electron chi connectivity index (χ4n) is 2.81. The molecule has 23 heavy (non-hydrogen) atoms. The smallest absolute Gasteiger partial charge is 0.242 e. The van der Waals surface area contributed by atoms with Gasteiger partial charge in [-0.05, 0) is 36.5 Å². The fourth-order valence-corrected chi connectivity index (χ4v) is 2.94. The first-order chi connectivity index (χ1) is 10.9. The predicted octanol–water partition coefficient (Wildman–Crippen LogP) is 2.09. The SMILES string of the molecule is CC(=O)N(C)CC(=O)N1CCC(C(O)c2ccc(Cl)cc2)CC1. The van der Waals surface area contributed by atoms with E-state index >= 15 is 0 Å². The summed E-state index contributed by atoms with van der Waals surface area (Å²) >= 11 is 5.87. The monoisotopic (exact) mass is 338 g/mol. The number of likely N-dealkylation sites (N-methyl/N-ethyl adjacent to an activating group) is 1. The second-order valence-electron chi connectivity index (χ2n) is 6.09. The molecule has 0 saturated carbocycles. The van der Waals surface area contributed by atoms with Gasteiger partial charge < -0.3 is 14.9 Å². The molecule has 6 heteroatoms. The number of piperidine rings is 1. The summed E-state index contributed by atoms with van der Waals surface area (Å²) in [5.74, 6) is -0.0284. The average Bonchev–Trinajstić information content (AvgIpc) is 2.55. The van der Waals surface area contributed by atoms with Crippen LogP contribution in [-0.4, -0.2) is 53.4 Å². The van der Waals surface area contributed by atoms with Crippen LogP contribution in [0.25, 0.3) is 0 Å². The first-order valence-electron chi connectivity index (χ1n) is 7.81. The minimum absolute atomic E-state index is 0.0397. The zero-order valence-electron chi connectivity index (χ0n) is 13.5. The molecule has 1 aliphatic heterocycles. The summed E-state index contributed by atoms with van der Waals surface area (Å²) in [4.78, 5) is 26.5. The Hall–Kier alpha value is -1.59. The molecule has 1 saturated heterocycles. The summed E-state index contributed by atoms with van der Waals surface area (Å²) in [5, 5.41) is 11.1. The molecular weight excluding hydrogens is 316 g/mol. The highest BCUT2D eigenvalue weighted by atomic mass is 35.5. The van der Waals surface area contributed by atoms with Crippen LogP contribution in [0.1, 0.15) is 31.4 Å². The molecule has 1 N–H and O–H groups in total. The average molecular weight is 339 g/mol. The number of halogens is 1. The number of aliphatic hydroxyl groups excluding tert-OH is 1. The fraction of sp³-hybridized carbons (Fsp3) is 0.529. The van der Waals surface area contributed by atoms with E-state index in [0.29, 0.717) is 18.1 Å². The Balaban J connectivity index is 1.87. The normalized spacial score (nSPS) is 17.0. The lowest BCUT2D eigenvalue weighted by Crippen LogP contribution is -2.44. The maximum Gasteiger partial charge on any atom is 0.242 e. The molecule has 1 heterocycles. The number of likely N-dealkylation sites (tertiary alicyclic amines) is 1. The molecule has 0 radical (unpaired) electrons. The van der Waals surface area contributed by atoms with Crippen molar-refractivity contribution in [2.24, 2.45) is 5.92 Å². The summed E-state index contributed by atoms with van der Waals surface area (Å²) in [5.41, 5.74) is 0.857. The Bertz CT molecular complexity index is 553. The molecule has 1 aliphatic rings. The van der Waals surface area contributed by atoms with Gasteiger partial charge in [-0.2, -0.15) is 0 Å². The molecule has 126 valence electrons. The highest BCUT2D eigenvalue weighted by Gasteiger charge is 2.28. The van der Waals surface area contributed by atoms with Crippen LogP contribution in [0, 0.1) is 5.92 Å². The van der Waals surface area contributed by atoms with Gasteiger partial charge in [-0.25, -0.2) is 0 Å². The molecule has 1 fully saturated rings. The van der Waals surface area contributed by atoms with E-state index in [4.69, 9.17) is 11.6 Å². The van der Waals surface area contributed by atoms with Crippen LogP contribution < -0.4 is 0 Å². The number of carbonyl (C=O) groups is 2. The third-order valence-electron chi connectivity index (χ3n) is 4.46. The molecule has 0 aromatic heterocycles. The Labute approximate surface area is 141 Å². The van der Waals surface area contributed by atoms with E-state index in [2.05, 4.69) is 0 Å². The minimum Gasteiger partial charge on any atom is -0.388 e. The van der Waals surface area contributed by atoms with Gasteiger partial charge in [-0.1, -0.05) is 23.7 Å². The van der Waals surface area contributed by atoms with Crippen molar-refractivity contribution in [2.45, 2.75) is 25.9 Å². The zero-order chi connectivity index (χ0) is 17.0. The van der Waals surface area contributed by atoms with Gasteiger partial charge in [0.25, 0.3) is 0 Å². The number of carbonyl (C=O) groups excluding carboxylic acids is 2. The number of hydrogen-bond donors (Lipinski definition) is 1. The van der Waals surface area contributed by atoms with Crippen LogP contribution >= 0.6 is 11.6 Å². The summed E-state index contributed by atoms with van der Waals surface area (Å²) < 4.78 is 0. The molecule has 0 aliphatic carbocycles. The lowest BCUT2D eigenvalue weighted by molar-refractivity contribution is -0.139. The van der Waals surface area contributed by atoms with E-state index < -0.39 is 6.10 Å². The highest BCUT2D eigenvalue weighted by molar-refractivity contribution is 6.30. The lowest BCUT2D eigenvalue weighted by atomic mass is 9.87. The first-order valence-corrected chi connectivity index (χ1v) is 8.19. The van der Waals surface area contributed by atoms with Crippen molar-refractivity contribution in [3.05, 3.63) is 34.9 Å². The summed E-state index contributed by atoms with van der Waals surface area (Å²) in [7, 11) is 1.62. The van der Waals surface area contributed by atoms with E-state index in [1.54, 1.807) is 24.1 Å². The molecule has 1 aromatic rings. The molecule has 2 rings (SSSR count). The van der Waals surface area contributed by atoms with Crippen molar-refractivity contribution in [1.82, 2.24) is 9.80 Å². The second kappa shape index (κ2) is 7.79. The Morgan fingerprint density at radius 2 is 1.87 bits per heavy atom. The Morgan fingerprint density at radius 3 is 2.39 bits per heavy atom.